The number of rotatable bonds is 2. The minimum atomic E-state index is -1.05. The van der Waals surface area contributed by atoms with Gasteiger partial charge in [0.2, 0.25) is 0 Å². The van der Waals surface area contributed by atoms with Gasteiger partial charge in [0.05, 0.1) is 6.10 Å². The largest absolute Gasteiger partial charge is 0.480 e. The number of hydrogen-bond donors (Lipinski definition) is 3. The van der Waals surface area contributed by atoms with Gasteiger partial charge in [-0.15, -0.1) is 0 Å². The van der Waals surface area contributed by atoms with E-state index in [1.165, 1.54) is 4.90 Å². The van der Waals surface area contributed by atoms with E-state index in [0.29, 0.717) is 5.92 Å². The highest BCUT2D eigenvalue weighted by Crippen LogP contribution is 2.26. The van der Waals surface area contributed by atoms with Crippen LogP contribution in [-0.4, -0.2) is 51.8 Å². The van der Waals surface area contributed by atoms with Crippen LogP contribution in [0.1, 0.15) is 32.6 Å². The number of nitrogens with one attached hydrogen (secondary N) is 1. The minimum absolute atomic E-state index is 0.101. The summed E-state index contributed by atoms with van der Waals surface area (Å²) in [5, 5.41) is 21.4. The van der Waals surface area contributed by atoms with Crippen LogP contribution in [0.3, 0.4) is 0 Å². The third-order valence-corrected chi connectivity index (χ3v) is 4.00. The standard InChI is InChI=1S/C12H20N2O4/c1-7-3-2-4-9(7)13-12(18)14-6-8(15)5-10(14)11(16)17/h7-10,15H,2-6H2,1H3,(H,13,18)(H,16,17)/t7?,8-,9?,10-/m1/s1. The minimum Gasteiger partial charge on any atom is -0.480 e. The fraction of sp³-hybridized carbons (Fsp3) is 0.833. The molecule has 1 saturated heterocycles. The predicted octanol–water partition coefficient (Wildman–Crippen LogP) is 0.404. The fourth-order valence-electron chi connectivity index (χ4n) is 2.87. The zero-order chi connectivity index (χ0) is 13.3. The zero-order valence-corrected chi connectivity index (χ0v) is 10.5. The maximum absolute atomic E-state index is 12.0. The van der Waals surface area contributed by atoms with Gasteiger partial charge in [0.1, 0.15) is 6.04 Å². The van der Waals surface area contributed by atoms with Crippen molar-refractivity contribution in [2.45, 2.75) is 50.8 Å². The Morgan fingerprint density at radius 1 is 1.33 bits per heavy atom. The van der Waals surface area contributed by atoms with E-state index in [-0.39, 0.29) is 25.0 Å². The van der Waals surface area contributed by atoms with Crippen molar-refractivity contribution in [3.05, 3.63) is 0 Å². The van der Waals surface area contributed by atoms with Gasteiger partial charge in [0.25, 0.3) is 0 Å². The molecule has 2 unspecified atom stereocenters. The molecule has 1 aliphatic carbocycles. The highest BCUT2D eigenvalue weighted by atomic mass is 16.4. The first-order valence-electron chi connectivity index (χ1n) is 6.47. The second-order valence-corrected chi connectivity index (χ2v) is 5.36. The van der Waals surface area contributed by atoms with Crippen LogP contribution in [0.15, 0.2) is 0 Å². The fourth-order valence-corrected chi connectivity index (χ4v) is 2.87. The number of aliphatic carboxylic acids is 1. The maximum Gasteiger partial charge on any atom is 0.326 e. The van der Waals surface area contributed by atoms with Gasteiger partial charge in [0.15, 0.2) is 0 Å². The van der Waals surface area contributed by atoms with Crippen molar-refractivity contribution in [2.75, 3.05) is 6.54 Å². The quantitative estimate of drug-likeness (QED) is 0.667. The van der Waals surface area contributed by atoms with Gasteiger partial charge in [-0.2, -0.15) is 0 Å². The average molecular weight is 256 g/mol. The number of carboxylic acids is 1. The van der Waals surface area contributed by atoms with E-state index in [1.807, 2.05) is 0 Å². The number of aliphatic hydroxyl groups is 1. The van der Waals surface area contributed by atoms with E-state index in [9.17, 15) is 14.7 Å². The Balaban J connectivity index is 1.97. The van der Waals surface area contributed by atoms with Crippen molar-refractivity contribution >= 4 is 12.0 Å². The maximum atomic E-state index is 12.0. The molecule has 1 heterocycles. The SMILES string of the molecule is CC1CCCC1NC(=O)N1C[C@H](O)C[C@@H]1C(=O)O. The third kappa shape index (κ3) is 2.58. The number of β-amino-alcohol motifs (C(OH)–C–C–N with tert-alkyl or cyclic N) is 1. The molecule has 6 nitrogen and oxygen atoms in total. The van der Waals surface area contributed by atoms with Gasteiger partial charge in [-0.05, 0) is 18.8 Å². The lowest BCUT2D eigenvalue weighted by atomic mass is 10.1. The number of carbonyl (C=O) groups excluding carboxylic acids is 1. The molecule has 0 aromatic rings. The van der Waals surface area contributed by atoms with Crippen molar-refractivity contribution in [1.82, 2.24) is 10.2 Å². The summed E-state index contributed by atoms with van der Waals surface area (Å²) in [6, 6.07) is -1.14. The summed E-state index contributed by atoms with van der Waals surface area (Å²) in [6.45, 7) is 2.19. The van der Waals surface area contributed by atoms with E-state index in [2.05, 4.69) is 12.2 Å². The molecule has 2 fully saturated rings. The van der Waals surface area contributed by atoms with Crippen molar-refractivity contribution < 1.29 is 19.8 Å². The zero-order valence-electron chi connectivity index (χ0n) is 10.5. The lowest BCUT2D eigenvalue weighted by molar-refractivity contribution is -0.141. The molecule has 2 amide bonds. The van der Waals surface area contributed by atoms with Crippen LogP contribution in [0.25, 0.3) is 0 Å². The van der Waals surface area contributed by atoms with E-state index < -0.39 is 18.1 Å². The number of aliphatic hydroxyl groups excluding tert-OH is 1. The van der Waals surface area contributed by atoms with Crippen molar-refractivity contribution in [3.8, 4) is 0 Å². The number of amides is 2. The predicted molar refractivity (Wildman–Crippen MR) is 64.1 cm³/mol. The smallest absolute Gasteiger partial charge is 0.326 e. The first-order valence-corrected chi connectivity index (χ1v) is 6.47. The molecule has 0 radical (unpaired) electrons. The van der Waals surface area contributed by atoms with Crippen LogP contribution in [0, 0.1) is 5.92 Å². The summed E-state index contributed by atoms with van der Waals surface area (Å²) in [5.41, 5.74) is 0. The van der Waals surface area contributed by atoms with Crippen molar-refractivity contribution in [1.29, 1.82) is 0 Å². The molecule has 0 aromatic heterocycles. The van der Waals surface area contributed by atoms with Gasteiger partial charge in [-0.3, -0.25) is 0 Å². The molecule has 18 heavy (non-hydrogen) atoms. The van der Waals surface area contributed by atoms with Crippen LogP contribution < -0.4 is 5.32 Å². The number of nitrogens with zero attached hydrogens (tertiary/aromatic N) is 1. The Labute approximate surface area is 106 Å². The normalized spacial score (nSPS) is 35.8. The van der Waals surface area contributed by atoms with Crippen LogP contribution >= 0.6 is 0 Å². The Hall–Kier alpha value is -1.30. The van der Waals surface area contributed by atoms with E-state index >= 15 is 0 Å². The molecule has 2 aliphatic rings. The van der Waals surface area contributed by atoms with Crippen molar-refractivity contribution in [2.24, 2.45) is 5.92 Å². The van der Waals surface area contributed by atoms with Gasteiger partial charge in [-0.25, -0.2) is 9.59 Å². The van der Waals surface area contributed by atoms with E-state index in [0.717, 1.165) is 19.3 Å². The number of urea groups is 1. The van der Waals surface area contributed by atoms with Gasteiger partial charge in [-0.1, -0.05) is 13.3 Å². The topological polar surface area (TPSA) is 89.9 Å². The lowest BCUT2D eigenvalue weighted by Crippen LogP contribution is -2.49. The third-order valence-electron chi connectivity index (χ3n) is 4.00. The Bertz CT molecular complexity index is 347. The van der Waals surface area contributed by atoms with Gasteiger partial charge < -0.3 is 20.4 Å². The molecule has 4 atom stereocenters. The first-order chi connectivity index (χ1) is 8.49. The van der Waals surface area contributed by atoms with Crippen LogP contribution in [0.5, 0.6) is 0 Å². The lowest BCUT2D eigenvalue weighted by Gasteiger charge is -2.25. The second kappa shape index (κ2) is 5.14. The molecule has 102 valence electrons. The van der Waals surface area contributed by atoms with Gasteiger partial charge in [0, 0.05) is 19.0 Å². The molecule has 0 aromatic carbocycles. The molecular formula is C12H20N2O4. The Morgan fingerprint density at radius 2 is 2.06 bits per heavy atom. The summed E-state index contributed by atoms with van der Waals surface area (Å²) >= 11 is 0. The molecular weight excluding hydrogens is 236 g/mol. The molecule has 2 rings (SSSR count). The number of carbonyl (C=O) groups is 2. The molecule has 0 spiro atoms. The highest BCUT2D eigenvalue weighted by Gasteiger charge is 2.40. The van der Waals surface area contributed by atoms with Crippen LogP contribution in [0.4, 0.5) is 4.79 Å². The van der Waals surface area contributed by atoms with Crippen LogP contribution in [-0.2, 0) is 4.79 Å². The number of carboxylic acid groups (broad SMARTS) is 1. The summed E-state index contributed by atoms with van der Waals surface area (Å²) in [4.78, 5) is 24.3. The number of likely N-dealkylation sites (tertiary alicyclic amines) is 1. The Morgan fingerprint density at radius 3 is 2.61 bits per heavy atom. The van der Waals surface area contributed by atoms with E-state index in [1.54, 1.807) is 0 Å². The molecule has 1 aliphatic heterocycles. The summed E-state index contributed by atoms with van der Waals surface area (Å²) in [7, 11) is 0. The first kappa shape index (κ1) is 13.1. The molecule has 6 heteroatoms. The monoisotopic (exact) mass is 256 g/mol. The summed E-state index contributed by atoms with van der Waals surface area (Å²) in [5.74, 6) is -0.620. The molecule has 3 N–H and O–H groups in total. The highest BCUT2D eigenvalue weighted by molar-refractivity contribution is 5.83. The molecule has 0 bridgehead atoms. The summed E-state index contributed by atoms with van der Waals surface area (Å²) in [6.07, 6.45) is 2.51. The average Bonchev–Trinajstić information content (AvgIpc) is 2.86. The second-order valence-electron chi connectivity index (χ2n) is 5.36. The Kier molecular flexibility index (Phi) is 3.75. The van der Waals surface area contributed by atoms with E-state index in [4.69, 9.17) is 5.11 Å². The van der Waals surface area contributed by atoms with Crippen molar-refractivity contribution in [3.63, 3.8) is 0 Å². The van der Waals surface area contributed by atoms with Gasteiger partial charge >= 0.3 is 12.0 Å². The number of hydrogen-bond acceptors (Lipinski definition) is 3. The summed E-state index contributed by atoms with van der Waals surface area (Å²) < 4.78 is 0. The molecule has 1 saturated carbocycles. The van der Waals surface area contributed by atoms with Crippen LogP contribution in [0.2, 0.25) is 0 Å².